The molecule has 0 rings (SSSR count). The number of hydrogen-bond donors (Lipinski definition) is 1. The third kappa shape index (κ3) is 4.34. The fraction of sp³-hybridized carbons (Fsp3) is 0.909. The van der Waals surface area contributed by atoms with E-state index in [1.54, 1.807) is 0 Å². The Labute approximate surface area is 94.0 Å². The number of carboxylic acids is 1. The fourth-order valence-electron chi connectivity index (χ4n) is 1.03. The Kier molecular flexibility index (Phi) is 5.00. The second-order valence-electron chi connectivity index (χ2n) is 5.49. The van der Waals surface area contributed by atoms with Gasteiger partial charge in [0.25, 0.3) is 0 Å². The molecule has 0 bridgehead atoms. The molecule has 90 valence electrons. The first-order valence-electron chi connectivity index (χ1n) is 5.52. The van der Waals surface area contributed by atoms with Crippen molar-refractivity contribution in [1.29, 1.82) is 0 Å². The van der Waals surface area contributed by atoms with Crippen LogP contribution in [0.25, 0.3) is 0 Å². The van der Waals surface area contributed by atoms with Crippen molar-refractivity contribution in [2.24, 2.45) is 0 Å². The molecule has 0 saturated carbocycles. The molecular weight excluding hydrogens is 208 g/mol. The van der Waals surface area contributed by atoms with Crippen molar-refractivity contribution in [3.63, 3.8) is 0 Å². The van der Waals surface area contributed by atoms with Crippen molar-refractivity contribution in [2.45, 2.75) is 64.8 Å². The van der Waals surface area contributed by atoms with Crippen molar-refractivity contribution < 1.29 is 14.3 Å². The van der Waals surface area contributed by atoms with Gasteiger partial charge in [0.2, 0.25) is 0 Å². The third-order valence-corrected chi connectivity index (χ3v) is 7.56. The Morgan fingerprint density at radius 2 is 1.87 bits per heavy atom. The first kappa shape index (κ1) is 14.6. The van der Waals surface area contributed by atoms with Gasteiger partial charge in [0.05, 0.1) is 0 Å². The van der Waals surface area contributed by atoms with E-state index in [1.165, 1.54) is 0 Å². The molecule has 1 atom stereocenters. The maximum atomic E-state index is 11.0. The number of carboxylic acid groups (broad SMARTS) is 1. The molecule has 0 radical (unpaired) electrons. The second-order valence-corrected chi connectivity index (χ2v) is 10.3. The molecule has 0 aliphatic heterocycles. The van der Waals surface area contributed by atoms with Crippen LogP contribution < -0.4 is 0 Å². The first-order valence-corrected chi connectivity index (χ1v) is 8.43. The average Bonchev–Trinajstić information content (AvgIpc) is 2.00. The van der Waals surface area contributed by atoms with Gasteiger partial charge in [0.1, 0.15) is 6.10 Å². The Morgan fingerprint density at radius 1 is 1.40 bits per heavy atom. The predicted octanol–water partition coefficient (Wildman–Crippen LogP) is 3.26. The molecule has 0 heterocycles. The molecule has 0 aromatic heterocycles. The lowest BCUT2D eigenvalue weighted by atomic mass is 10.2. The van der Waals surface area contributed by atoms with Crippen LogP contribution in [0, 0.1) is 0 Å². The van der Waals surface area contributed by atoms with E-state index in [-0.39, 0.29) is 5.04 Å². The standard InChI is InChI=1S/C11H24O3Si/c1-7-8-9(10(12)13)14-15(5,6)11(2,3)4/h9H,7-8H2,1-6H3,(H,12,13)/t9-/m1/s1. The highest BCUT2D eigenvalue weighted by atomic mass is 28.4. The Morgan fingerprint density at radius 3 is 2.13 bits per heavy atom. The molecule has 4 heteroatoms. The van der Waals surface area contributed by atoms with Crippen molar-refractivity contribution in [3.05, 3.63) is 0 Å². The summed E-state index contributed by atoms with van der Waals surface area (Å²) in [7, 11) is -1.95. The van der Waals surface area contributed by atoms with E-state index in [1.807, 2.05) is 6.92 Å². The van der Waals surface area contributed by atoms with Crippen LogP contribution in [0.4, 0.5) is 0 Å². The summed E-state index contributed by atoms with van der Waals surface area (Å²) in [4.78, 5) is 11.0. The lowest BCUT2D eigenvalue weighted by Gasteiger charge is -2.38. The maximum absolute atomic E-state index is 11.0. The molecule has 0 fully saturated rings. The van der Waals surface area contributed by atoms with Crippen molar-refractivity contribution in [2.75, 3.05) is 0 Å². The minimum Gasteiger partial charge on any atom is -0.479 e. The van der Waals surface area contributed by atoms with E-state index in [4.69, 9.17) is 9.53 Å². The van der Waals surface area contributed by atoms with Gasteiger partial charge in [-0.2, -0.15) is 0 Å². The average molecular weight is 232 g/mol. The minimum atomic E-state index is -1.95. The highest BCUT2D eigenvalue weighted by molar-refractivity contribution is 6.74. The zero-order valence-corrected chi connectivity index (χ0v) is 11.8. The quantitative estimate of drug-likeness (QED) is 0.740. The van der Waals surface area contributed by atoms with Crippen LogP contribution >= 0.6 is 0 Å². The van der Waals surface area contributed by atoms with Gasteiger partial charge in [0.15, 0.2) is 8.32 Å². The Balaban J connectivity index is 4.59. The van der Waals surface area contributed by atoms with E-state index >= 15 is 0 Å². The molecular formula is C11H24O3Si. The zero-order chi connectivity index (χ0) is 12.3. The molecule has 0 aromatic carbocycles. The summed E-state index contributed by atoms with van der Waals surface area (Å²) in [6.07, 6.45) is 0.809. The van der Waals surface area contributed by atoms with Gasteiger partial charge in [-0.05, 0) is 24.6 Å². The van der Waals surface area contributed by atoms with E-state index in [0.717, 1.165) is 6.42 Å². The molecule has 0 aliphatic rings. The molecule has 1 N–H and O–H groups in total. The summed E-state index contributed by atoms with van der Waals surface area (Å²) >= 11 is 0. The van der Waals surface area contributed by atoms with Crippen molar-refractivity contribution >= 4 is 14.3 Å². The lowest BCUT2D eigenvalue weighted by molar-refractivity contribution is -0.146. The van der Waals surface area contributed by atoms with Crippen molar-refractivity contribution in [3.8, 4) is 0 Å². The van der Waals surface area contributed by atoms with Gasteiger partial charge < -0.3 is 9.53 Å². The molecule has 15 heavy (non-hydrogen) atoms. The van der Waals surface area contributed by atoms with Gasteiger partial charge in [-0.3, -0.25) is 0 Å². The number of hydrogen-bond acceptors (Lipinski definition) is 2. The van der Waals surface area contributed by atoms with Crippen LogP contribution in [0.5, 0.6) is 0 Å². The van der Waals surface area contributed by atoms with Crippen LogP contribution in [-0.2, 0) is 9.22 Å². The smallest absolute Gasteiger partial charge is 0.331 e. The van der Waals surface area contributed by atoms with Gasteiger partial charge in [0, 0.05) is 0 Å². The summed E-state index contributed by atoms with van der Waals surface area (Å²) in [5.41, 5.74) is 0. The van der Waals surface area contributed by atoms with Gasteiger partial charge >= 0.3 is 5.97 Å². The normalized spacial score (nSPS) is 15.1. The summed E-state index contributed by atoms with van der Waals surface area (Å²) in [5, 5.41) is 9.09. The largest absolute Gasteiger partial charge is 0.479 e. The van der Waals surface area contributed by atoms with Gasteiger partial charge in [-0.1, -0.05) is 34.1 Å². The number of carbonyl (C=O) groups is 1. The summed E-state index contributed by atoms with van der Waals surface area (Å²) in [5.74, 6) is -0.832. The number of rotatable bonds is 5. The lowest BCUT2D eigenvalue weighted by Crippen LogP contribution is -2.46. The Hall–Kier alpha value is -0.353. The summed E-state index contributed by atoms with van der Waals surface area (Å²) in [6, 6.07) is 0. The van der Waals surface area contributed by atoms with Crippen LogP contribution in [0.1, 0.15) is 40.5 Å². The number of aliphatic carboxylic acids is 1. The molecule has 0 aliphatic carbocycles. The highest BCUT2D eigenvalue weighted by Gasteiger charge is 2.40. The summed E-state index contributed by atoms with van der Waals surface area (Å²) in [6.45, 7) is 12.5. The van der Waals surface area contributed by atoms with Crippen LogP contribution in [-0.4, -0.2) is 25.5 Å². The van der Waals surface area contributed by atoms with Crippen LogP contribution in [0.2, 0.25) is 18.1 Å². The van der Waals surface area contributed by atoms with Gasteiger partial charge in [-0.15, -0.1) is 0 Å². The fourth-order valence-corrected chi connectivity index (χ4v) is 2.31. The Bertz CT molecular complexity index is 218. The SMILES string of the molecule is CCC[C@@H](O[Si](C)(C)C(C)(C)C)C(=O)O. The first-order chi connectivity index (χ1) is 6.62. The monoisotopic (exact) mass is 232 g/mol. The zero-order valence-electron chi connectivity index (χ0n) is 10.8. The molecule has 0 saturated heterocycles. The third-order valence-electron chi connectivity index (χ3n) is 3.07. The van der Waals surface area contributed by atoms with Gasteiger partial charge in [-0.25, -0.2) is 4.79 Å². The predicted molar refractivity (Wildman–Crippen MR) is 64.6 cm³/mol. The molecule has 3 nitrogen and oxygen atoms in total. The molecule has 0 spiro atoms. The molecule has 0 unspecified atom stereocenters. The molecule has 0 amide bonds. The minimum absolute atomic E-state index is 0.0639. The van der Waals surface area contributed by atoms with Crippen LogP contribution in [0.3, 0.4) is 0 Å². The topological polar surface area (TPSA) is 46.5 Å². The van der Waals surface area contributed by atoms with E-state index in [0.29, 0.717) is 6.42 Å². The van der Waals surface area contributed by atoms with E-state index in [2.05, 4.69) is 33.9 Å². The van der Waals surface area contributed by atoms with E-state index < -0.39 is 20.4 Å². The summed E-state index contributed by atoms with van der Waals surface area (Å²) < 4.78 is 5.84. The molecule has 0 aromatic rings. The van der Waals surface area contributed by atoms with Crippen molar-refractivity contribution in [1.82, 2.24) is 0 Å². The van der Waals surface area contributed by atoms with Crippen LogP contribution in [0.15, 0.2) is 0 Å². The maximum Gasteiger partial charge on any atom is 0.331 e. The highest BCUT2D eigenvalue weighted by Crippen LogP contribution is 2.37. The van der Waals surface area contributed by atoms with E-state index in [9.17, 15) is 4.79 Å². The second kappa shape index (κ2) is 5.12.